The van der Waals surface area contributed by atoms with E-state index in [0.717, 1.165) is 10.8 Å². The SMILES string of the molecule is [N-]=[N+]=N[C@]1(n2cc(N)c(=O)[nH]c2=O)CC[C@@H](CO)O1. The third kappa shape index (κ3) is 2.19. The van der Waals surface area contributed by atoms with Crippen LogP contribution in [0.5, 0.6) is 0 Å². The Labute approximate surface area is 106 Å². The average molecular weight is 268 g/mol. The summed E-state index contributed by atoms with van der Waals surface area (Å²) in [7, 11) is 0. The number of nitrogens with zero attached hydrogens (tertiary/aromatic N) is 4. The Hall–Kier alpha value is -2.29. The zero-order valence-corrected chi connectivity index (χ0v) is 9.81. The predicted molar refractivity (Wildman–Crippen MR) is 64.0 cm³/mol. The van der Waals surface area contributed by atoms with Gasteiger partial charge in [-0.3, -0.25) is 14.3 Å². The molecule has 2 rings (SSSR count). The number of aliphatic hydroxyl groups excluding tert-OH is 1. The Morgan fingerprint density at radius 1 is 1.74 bits per heavy atom. The van der Waals surface area contributed by atoms with Crippen LogP contribution in [0, 0.1) is 0 Å². The molecule has 2 atom stereocenters. The van der Waals surface area contributed by atoms with Crippen molar-refractivity contribution in [2.75, 3.05) is 12.3 Å². The molecule has 0 radical (unpaired) electrons. The minimum atomic E-state index is -1.61. The molecule has 1 aromatic heterocycles. The van der Waals surface area contributed by atoms with Gasteiger partial charge in [-0.05, 0) is 17.1 Å². The van der Waals surface area contributed by atoms with Crippen LogP contribution in [0.25, 0.3) is 10.4 Å². The molecule has 10 heteroatoms. The van der Waals surface area contributed by atoms with Gasteiger partial charge >= 0.3 is 5.69 Å². The highest BCUT2D eigenvalue weighted by atomic mass is 16.6. The third-order valence-corrected chi connectivity index (χ3v) is 2.90. The van der Waals surface area contributed by atoms with E-state index in [9.17, 15) is 9.59 Å². The zero-order valence-electron chi connectivity index (χ0n) is 9.81. The molecule has 0 aromatic carbocycles. The topological polar surface area (TPSA) is 159 Å². The average Bonchev–Trinajstić information content (AvgIpc) is 2.79. The number of nitrogen functional groups attached to an aromatic ring is 1. The molecule has 1 aromatic rings. The maximum Gasteiger partial charge on any atom is 0.330 e. The molecule has 1 fully saturated rings. The second kappa shape index (κ2) is 4.76. The zero-order chi connectivity index (χ0) is 14.0. The highest BCUT2D eigenvalue weighted by Gasteiger charge is 2.42. The highest BCUT2D eigenvalue weighted by Crippen LogP contribution is 2.35. The normalized spacial score (nSPS) is 26.1. The molecular formula is C9H12N6O4. The van der Waals surface area contributed by atoms with E-state index in [1.807, 2.05) is 4.98 Å². The molecule has 1 aliphatic heterocycles. The number of H-pyrrole nitrogens is 1. The largest absolute Gasteiger partial charge is 0.394 e. The first-order valence-electron chi connectivity index (χ1n) is 5.49. The first-order valence-corrected chi connectivity index (χ1v) is 5.49. The number of nitrogens with two attached hydrogens (primary N) is 1. The summed E-state index contributed by atoms with van der Waals surface area (Å²) < 4.78 is 6.35. The number of aliphatic hydroxyl groups is 1. The van der Waals surface area contributed by atoms with Crippen LogP contribution in [0.4, 0.5) is 5.69 Å². The lowest BCUT2D eigenvalue weighted by atomic mass is 10.2. The molecule has 1 saturated heterocycles. The number of ether oxygens (including phenoxy) is 1. The van der Waals surface area contributed by atoms with Gasteiger partial charge in [-0.2, -0.15) is 0 Å². The van der Waals surface area contributed by atoms with Gasteiger partial charge in [-0.25, -0.2) is 4.79 Å². The van der Waals surface area contributed by atoms with Gasteiger partial charge in [0, 0.05) is 17.5 Å². The van der Waals surface area contributed by atoms with E-state index >= 15 is 0 Å². The van der Waals surface area contributed by atoms with Crippen molar-refractivity contribution in [2.24, 2.45) is 5.11 Å². The van der Waals surface area contributed by atoms with Gasteiger partial charge in [-0.15, -0.1) is 0 Å². The smallest absolute Gasteiger partial charge is 0.330 e. The standard InChI is InChI=1S/C9H12N6O4/c10-6-3-15(8(18)12-7(6)17)9(13-14-11)2-1-5(4-16)19-9/h3,5,16H,1-2,4,10H2,(H,12,17,18)/t5-,9-/m0/s1. The molecule has 0 unspecified atom stereocenters. The first kappa shape index (κ1) is 13.1. The van der Waals surface area contributed by atoms with Crippen molar-refractivity contribution in [3.63, 3.8) is 0 Å². The maximum atomic E-state index is 11.8. The van der Waals surface area contributed by atoms with E-state index in [1.54, 1.807) is 0 Å². The van der Waals surface area contributed by atoms with Gasteiger partial charge in [0.25, 0.3) is 5.56 Å². The molecular weight excluding hydrogens is 256 g/mol. The Bertz CT molecular complexity index is 645. The lowest BCUT2D eigenvalue weighted by molar-refractivity contribution is -0.108. The van der Waals surface area contributed by atoms with Crippen LogP contribution < -0.4 is 17.0 Å². The fraction of sp³-hybridized carbons (Fsp3) is 0.556. The minimum Gasteiger partial charge on any atom is -0.394 e. The predicted octanol–water partition coefficient (Wildman–Crippen LogP) is -0.789. The second-order valence-electron chi connectivity index (χ2n) is 4.11. The quantitative estimate of drug-likeness (QED) is 0.371. The number of nitrogens with one attached hydrogen (secondary N) is 1. The summed E-state index contributed by atoms with van der Waals surface area (Å²) in [5.41, 5.74) is 12.3. The molecule has 0 saturated carbocycles. The third-order valence-electron chi connectivity index (χ3n) is 2.90. The second-order valence-corrected chi connectivity index (χ2v) is 4.11. The van der Waals surface area contributed by atoms with Crippen LogP contribution in [-0.2, 0) is 10.6 Å². The van der Waals surface area contributed by atoms with Crippen LogP contribution in [0.2, 0.25) is 0 Å². The van der Waals surface area contributed by atoms with Crippen LogP contribution in [0.3, 0.4) is 0 Å². The van der Waals surface area contributed by atoms with Gasteiger partial charge < -0.3 is 15.6 Å². The molecule has 0 amide bonds. The fourth-order valence-electron chi connectivity index (χ4n) is 1.98. The van der Waals surface area contributed by atoms with Crippen LogP contribution in [0.1, 0.15) is 12.8 Å². The number of rotatable bonds is 3. The van der Waals surface area contributed by atoms with Gasteiger partial charge in [0.1, 0.15) is 5.69 Å². The van der Waals surface area contributed by atoms with Gasteiger partial charge in [0.15, 0.2) is 0 Å². The number of hydrogen-bond acceptors (Lipinski definition) is 6. The van der Waals surface area contributed by atoms with Gasteiger partial charge in [-0.1, -0.05) is 0 Å². The van der Waals surface area contributed by atoms with Crippen molar-refractivity contribution >= 4 is 5.69 Å². The van der Waals surface area contributed by atoms with Crippen molar-refractivity contribution < 1.29 is 9.84 Å². The molecule has 0 bridgehead atoms. The highest BCUT2D eigenvalue weighted by molar-refractivity contribution is 5.30. The number of aromatic nitrogens is 2. The first-order chi connectivity index (χ1) is 9.02. The molecule has 1 aliphatic rings. The van der Waals surface area contributed by atoms with E-state index in [4.69, 9.17) is 21.1 Å². The van der Waals surface area contributed by atoms with E-state index < -0.39 is 23.2 Å². The summed E-state index contributed by atoms with van der Waals surface area (Å²) in [4.78, 5) is 27.6. The van der Waals surface area contributed by atoms with Crippen LogP contribution in [0.15, 0.2) is 20.9 Å². The Balaban J connectivity index is 2.58. The molecule has 10 nitrogen and oxygen atoms in total. The summed E-state index contributed by atoms with van der Waals surface area (Å²) in [6.07, 6.45) is 1.11. The molecule has 19 heavy (non-hydrogen) atoms. The lowest BCUT2D eigenvalue weighted by Gasteiger charge is -2.25. The summed E-state index contributed by atoms with van der Waals surface area (Å²) in [6.45, 7) is -0.268. The van der Waals surface area contributed by atoms with E-state index in [2.05, 4.69) is 10.0 Å². The monoisotopic (exact) mass is 268 g/mol. The molecule has 102 valence electrons. The minimum absolute atomic E-state index is 0.188. The number of hydrogen-bond donors (Lipinski definition) is 3. The van der Waals surface area contributed by atoms with Crippen LogP contribution in [-0.4, -0.2) is 27.4 Å². The molecule has 0 spiro atoms. The summed E-state index contributed by atoms with van der Waals surface area (Å²) in [6, 6.07) is 0. The molecule has 0 aliphatic carbocycles. The number of aromatic amines is 1. The van der Waals surface area contributed by atoms with Crippen molar-refractivity contribution in [1.82, 2.24) is 9.55 Å². The fourth-order valence-corrected chi connectivity index (χ4v) is 1.98. The number of azide groups is 1. The van der Waals surface area contributed by atoms with E-state index in [0.29, 0.717) is 6.42 Å². The summed E-state index contributed by atoms with van der Waals surface area (Å²) in [5.74, 6) is -1.61. The van der Waals surface area contributed by atoms with E-state index in [-0.39, 0.29) is 18.7 Å². The van der Waals surface area contributed by atoms with Crippen molar-refractivity contribution in [3.05, 3.63) is 37.5 Å². The van der Waals surface area contributed by atoms with Crippen molar-refractivity contribution in [2.45, 2.75) is 24.8 Å². The van der Waals surface area contributed by atoms with Crippen molar-refractivity contribution in [3.8, 4) is 0 Å². The maximum absolute atomic E-state index is 11.8. The van der Waals surface area contributed by atoms with Gasteiger partial charge in [0.05, 0.1) is 12.7 Å². The Morgan fingerprint density at radius 3 is 3.05 bits per heavy atom. The molecule has 4 N–H and O–H groups in total. The number of anilines is 1. The van der Waals surface area contributed by atoms with Gasteiger partial charge in [0.2, 0.25) is 5.85 Å². The molecule has 2 heterocycles. The Kier molecular flexibility index (Phi) is 3.30. The van der Waals surface area contributed by atoms with Crippen LogP contribution >= 0.6 is 0 Å². The Morgan fingerprint density at radius 2 is 2.47 bits per heavy atom. The van der Waals surface area contributed by atoms with Crippen molar-refractivity contribution in [1.29, 1.82) is 0 Å². The summed E-state index contributed by atoms with van der Waals surface area (Å²) >= 11 is 0. The summed E-state index contributed by atoms with van der Waals surface area (Å²) in [5, 5.41) is 12.5. The van der Waals surface area contributed by atoms with E-state index in [1.165, 1.54) is 0 Å². The lowest BCUT2D eigenvalue weighted by Crippen LogP contribution is -2.43.